The van der Waals surface area contributed by atoms with E-state index in [0.717, 1.165) is 25.2 Å². The minimum absolute atomic E-state index is 0.0229. The molecule has 1 fully saturated rings. The van der Waals surface area contributed by atoms with E-state index in [0.29, 0.717) is 19.6 Å². The first-order valence-corrected chi connectivity index (χ1v) is 9.41. The molecule has 8 heteroatoms. The van der Waals surface area contributed by atoms with Crippen LogP contribution in [0.15, 0.2) is 47.3 Å². The summed E-state index contributed by atoms with van der Waals surface area (Å²) in [6.45, 7) is 4.61. The molecule has 2 heterocycles. The van der Waals surface area contributed by atoms with E-state index in [9.17, 15) is 14.4 Å². The van der Waals surface area contributed by atoms with Crippen LogP contribution in [-0.4, -0.2) is 59.3 Å². The Morgan fingerprint density at radius 1 is 1.04 bits per heavy atom. The van der Waals surface area contributed by atoms with Crippen molar-refractivity contribution in [1.29, 1.82) is 0 Å². The zero-order chi connectivity index (χ0) is 19.9. The number of carbonyl (C=O) groups is 2. The molecule has 1 aromatic heterocycles. The fourth-order valence-corrected chi connectivity index (χ4v) is 3.08. The first kappa shape index (κ1) is 19.6. The molecule has 0 atom stereocenters. The Kier molecular flexibility index (Phi) is 6.41. The summed E-state index contributed by atoms with van der Waals surface area (Å²) < 4.78 is 6.33. The predicted molar refractivity (Wildman–Crippen MR) is 104 cm³/mol. The Morgan fingerprint density at radius 2 is 1.75 bits per heavy atom. The lowest BCUT2D eigenvalue weighted by Gasteiger charge is -2.36. The summed E-state index contributed by atoms with van der Waals surface area (Å²) in [5.41, 5.74) is 0.884. The minimum atomic E-state index is -0.707. The van der Waals surface area contributed by atoms with Crippen molar-refractivity contribution in [3.05, 3.63) is 58.5 Å². The maximum absolute atomic E-state index is 12.4. The summed E-state index contributed by atoms with van der Waals surface area (Å²) in [6.07, 6.45) is 0.721. The second kappa shape index (κ2) is 9.16. The van der Waals surface area contributed by atoms with E-state index in [1.807, 2.05) is 37.3 Å². The van der Waals surface area contributed by atoms with Gasteiger partial charge in [-0.2, -0.15) is 5.10 Å². The van der Waals surface area contributed by atoms with E-state index in [4.69, 9.17) is 4.74 Å². The molecule has 0 N–H and O–H groups in total. The number of aryl methyl sites for hydroxylation is 1. The molecule has 1 aliphatic rings. The van der Waals surface area contributed by atoms with Crippen LogP contribution in [0.1, 0.15) is 23.8 Å². The highest BCUT2D eigenvalue weighted by Gasteiger charge is 2.22. The van der Waals surface area contributed by atoms with Crippen molar-refractivity contribution < 1.29 is 14.3 Å². The van der Waals surface area contributed by atoms with Gasteiger partial charge in [0.2, 0.25) is 0 Å². The van der Waals surface area contributed by atoms with Crippen molar-refractivity contribution in [2.45, 2.75) is 19.9 Å². The lowest BCUT2D eigenvalue weighted by molar-refractivity contribution is -0.134. The number of hydrogen-bond acceptors (Lipinski definition) is 6. The molecule has 1 aliphatic heterocycles. The van der Waals surface area contributed by atoms with E-state index >= 15 is 0 Å². The van der Waals surface area contributed by atoms with Gasteiger partial charge >= 0.3 is 5.97 Å². The Morgan fingerprint density at radius 3 is 2.43 bits per heavy atom. The van der Waals surface area contributed by atoms with Crippen LogP contribution in [0.25, 0.3) is 0 Å². The summed E-state index contributed by atoms with van der Waals surface area (Å²) in [5.74, 6) is -0.941. The Bertz CT molecular complexity index is 873. The molecule has 0 saturated carbocycles. The minimum Gasteiger partial charge on any atom is -0.451 e. The van der Waals surface area contributed by atoms with Crippen LogP contribution >= 0.6 is 0 Å². The fraction of sp³-hybridized carbons (Fsp3) is 0.400. The smallest absolute Gasteiger partial charge is 0.359 e. The predicted octanol–water partition coefficient (Wildman–Crippen LogP) is 1.16. The molecular formula is C20H24N4O4. The number of nitrogens with zero attached hydrogens (tertiary/aromatic N) is 4. The van der Waals surface area contributed by atoms with Gasteiger partial charge in [0.25, 0.3) is 11.5 Å². The van der Waals surface area contributed by atoms with Gasteiger partial charge in [-0.15, -0.1) is 0 Å². The van der Waals surface area contributed by atoms with Crippen LogP contribution in [0.3, 0.4) is 0 Å². The summed E-state index contributed by atoms with van der Waals surface area (Å²) in [6, 6.07) is 12.6. The van der Waals surface area contributed by atoms with Crippen LogP contribution in [0.2, 0.25) is 0 Å². The molecule has 0 bridgehead atoms. The molecule has 8 nitrogen and oxygen atoms in total. The number of carbonyl (C=O) groups excluding carboxylic acids is 2. The summed E-state index contributed by atoms with van der Waals surface area (Å²) in [5, 5.41) is 3.99. The standard InChI is InChI=1S/C20H24N4O4/c1-2-10-24-18(25)9-8-17(21-24)20(27)28-15-19(26)23-13-11-22(12-14-23)16-6-4-3-5-7-16/h3-9H,2,10-15H2,1H3. The van der Waals surface area contributed by atoms with Crippen molar-refractivity contribution in [3.63, 3.8) is 0 Å². The number of para-hydroxylation sites is 1. The number of benzene rings is 1. The van der Waals surface area contributed by atoms with Gasteiger partial charge < -0.3 is 14.5 Å². The maximum Gasteiger partial charge on any atom is 0.359 e. The quantitative estimate of drug-likeness (QED) is 0.695. The Hall–Kier alpha value is -3.16. The highest BCUT2D eigenvalue weighted by molar-refractivity contribution is 5.89. The molecular weight excluding hydrogens is 360 g/mol. The second-order valence-corrected chi connectivity index (χ2v) is 6.56. The normalized spacial score (nSPS) is 14.0. The third kappa shape index (κ3) is 4.76. The topological polar surface area (TPSA) is 84.7 Å². The van der Waals surface area contributed by atoms with Gasteiger partial charge in [0.15, 0.2) is 12.3 Å². The van der Waals surface area contributed by atoms with Gasteiger partial charge in [-0.05, 0) is 24.6 Å². The van der Waals surface area contributed by atoms with Gasteiger partial charge in [-0.3, -0.25) is 9.59 Å². The van der Waals surface area contributed by atoms with Gasteiger partial charge in [-0.1, -0.05) is 25.1 Å². The lowest BCUT2D eigenvalue weighted by Crippen LogP contribution is -2.49. The summed E-state index contributed by atoms with van der Waals surface area (Å²) >= 11 is 0. The zero-order valence-electron chi connectivity index (χ0n) is 15.9. The fourth-order valence-electron chi connectivity index (χ4n) is 3.08. The molecule has 0 spiro atoms. The highest BCUT2D eigenvalue weighted by Crippen LogP contribution is 2.15. The summed E-state index contributed by atoms with van der Waals surface area (Å²) in [4.78, 5) is 40.1. The van der Waals surface area contributed by atoms with Crippen molar-refractivity contribution in [1.82, 2.24) is 14.7 Å². The zero-order valence-corrected chi connectivity index (χ0v) is 15.9. The van der Waals surface area contributed by atoms with Crippen LogP contribution in [-0.2, 0) is 16.1 Å². The molecule has 1 amide bonds. The van der Waals surface area contributed by atoms with Crippen LogP contribution < -0.4 is 10.5 Å². The molecule has 3 rings (SSSR count). The lowest BCUT2D eigenvalue weighted by atomic mass is 10.2. The average molecular weight is 384 g/mol. The first-order chi connectivity index (χ1) is 13.6. The van der Waals surface area contributed by atoms with Gasteiger partial charge in [0, 0.05) is 44.5 Å². The third-order valence-electron chi connectivity index (χ3n) is 4.59. The maximum atomic E-state index is 12.4. The van der Waals surface area contributed by atoms with E-state index < -0.39 is 5.97 Å². The van der Waals surface area contributed by atoms with E-state index in [2.05, 4.69) is 10.00 Å². The van der Waals surface area contributed by atoms with Crippen LogP contribution in [0, 0.1) is 0 Å². The largest absolute Gasteiger partial charge is 0.451 e. The second-order valence-electron chi connectivity index (χ2n) is 6.56. The number of rotatable bonds is 6. The van der Waals surface area contributed by atoms with E-state index in [-0.39, 0.29) is 23.8 Å². The number of ether oxygens (including phenoxy) is 1. The number of aromatic nitrogens is 2. The molecule has 1 saturated heterocycles. The number of esters is 1. The summed E-state index contributed by atoms with van der Waals surface area (Å²) in [7, 11) is 0. The molecule has 28 heavy (non-hydrogen) atoms. The van der Waals surface area contributed by atoms with E-state index in [1.54, 1.807) is 4.90 Å². The average Bonchev–Trinajstić information content (AvgIpc) is 2.74. The van der Waals surface area contributed by atoms with E-state index in [1.165, 1.54) is 16.8 Å². The van der Waals surface area contributed by atoms with Gasteiger partial charge in [-0.25, -0.2) is 9.48 Å². The molecule has 2 aromatic rings. The highest BCUT2D eigenvalue weighted by atomic mass is 16.5. The number of anilines is 1. The number of hydrogen-bond donors (Lipinski definition) is 0. The van der Waals surface area contributed by atoms with Crippen molar-refractivity contribution in [3.8, 4) is 0 Å². The molecule has 0 radical (unpaired) electrons. The molecule has 0 unspecified atom stereocenters. The number of piperazine rings is 1. The molecule has 0 aliphatic carbocycles. The van der Waals surface area contributed by atoms with Crippen LogP contribution in [0.4, 0.5) is 5.69 Å². The molecule has 148 valence electrons. The van der Waals surface area contributed by atoms with Gasteiger partial charge in [0.1, 0.15) is 0 Å². The Balaban J connectivity index is 1.50. The van der Waals surface area contributed by atoms with Gasteiger partial charge in [0.05, 0.1) is 0 Å². The van der Waals surface area contributed by atoms with Crippen molar-refractivity contribution in [2.75, 3.05) is 37.7 Å². The SMILES string of the molecule is CCCn1nc(C(=O)OCC(=O)N2CCN(c3ccccc3)CC2)ccc1=O. The third-order valence-corrected chi connectivity index (χ3v) is 4.59. The Labute approximate surface area is 163 Å². The van der Waals surface area contributed by atoms with Crippen LogP contribution in [0.5, 0.6) is 0 Å². The first-order valence-electron chi connectivity index (χ1n) is 9.41. The molecule has 1 aromatic carbocycles. The number of amides is 1. The monoisotopic (exact) mass is 384 g/mol. The van der Waals surface area contributed by atoms with Crippen molar-refractivity contribution in [2.24, 2.45) is 0 Å². The van der Waals surface area contributed by atoms with Crippen molar-refractivity contribution >= 4 is 17.6 Å².